The Morgan fingerprint density at radius 2 is 2.07 bits per heavy atom. The van der Waals surface area contributed by atoms with E-state index < -0.39 is 5.60 Å². The summed E-state index contributed by atoms with van der Waals surface area (Å²) in [6.45, 7) is 4.52. The van der Waals surface area contributed by atoms with Gasteiger partial charge in [0.1, 0.15) is 5.60 Å². The second-order valence-electron chi connectivity index (χ2n) is 4.41. The van der Waals surface area contributed by atoms with E-state index in [2.05, 4.69) is 0 Å². The van der Waals surface area contributed by atoms with Crippen molar-refractivity contribution >= 4 is 5.78 Å². The average Bonchev–Trinajstić information content (AvgIpc) is 2.70. The number of Topliss-reactive ketones (excluding diaryl/α,β-unsaturated/α-hetero) is 1. The molecule has 1 N–H and O–H groups in total. The third kappa shape index (κ3) is 3.02. The van der Waals surface area contributed by atoms with Crippen LogP contribution < -0.4 is 0 Å². The maximum absolute atomic E-state index is 11.5. The largest absolute Gasteiger partial charge is 0.382 e. The lowest BCUT2D eigenvalue weighted by Crippen LogP contribution is -2.44. The minimum atomic E-state index is -1.13. The first kappa shape index (κ1) is 12.7. The predicted octanol–water partition coefficient (Wildman–Crippen LogP) is 1.92. The Morgan fingerprint density at radius 3 is 2.53 bits per heavy atom. The Morgan fingerprint density at radius 1 is 1.47 bits per heavy atom. The van der Waals surface area contributed by atoms with Crippen molar-refractivity contribution in [2.24, 2.45) is 5.92 Å². The monoisotopic (exact) mass is 214 g/mol. The van der Waals surface area contributed by atoms with Gasteiger partial charge in [-0.2, -0.15) is 0 Å². The fourth-order valence-electron chi connectivity index (χ4n) is 2.44. The van der Waals surface area contributed by atoms with Crippen molar-refractivity contribution in [2.45, 2.75) is 51.6 Å². The molecule has 88 valence electrons. The second kappa shape index (κ2) is 5.61. The molecule has 1 aliphatic carbocycles. The van der Waals surface area contributed by atoms with E-state index in [0.29, 0.717) is 19.6 Å². The summed E-state index contributed by atoms with van der Waals surface area (Å²) in [5, 5.41) is 10.4. The summed E-state index contributed by atoms with van der Waals surface area (Å²) in [5.74, 6) is 0.0459. The van der Waals surface area contributed by atoms with Crippen molar-refractivity contribution in [2.75, 3.05) is 13.2 Å². The molecule has 1 saturated carbocycles. The van der Waals surface area contributed by atoms with Crippen molar-refractivity contribution in [1.29, 1.82) is 0 Å². The van der Waals surface area contributed by atoms with Crippen molar-refractivity contribution in [1.82, 2.24) is 0 Å². The van der Waals surface area contributed by atoms with Crippen LogP contribution in [-0.4, -0.2) is 29.7 Å². The third-order valence-electron chi connectivity index (χ3n) is 3.47. The molecule has 1 aliphatic rings. The van der Waals surface area contributed by atoms with Gasteiger partial charge in [0.05, 0.1) is 0 Å². The summed E-state index contributed by atoms with van der Waals surface area (Å²) >= 11 is 0. The van der Waals surface area contributed by atoms with Crippen LogP contribution in [0.15, 0.2) is 0 Å². The Balaban J connectivity index is 2.56. The number of carbonyl (C=O) groups is 1. The van der Waals surface area contributed by atoms with Crippen molar-refractivity contribution in [3.8, 4) is 0 Å². The molecule has 0 amide bonds. The summed E-state index contributed by atoms with van der Waals surface area (Å²) < 4.78 is 5.23. The van der Waals surface area contributed by atoms with E-state index in [0.717, 1.165) is 25.7 Å². The first-order valence-corrected chi connectivity index (χ1v) is 5.92. The molecule has 0 aromatic heterocycles. The van der Waals surface area contributed by atoms with Gasteiger partial charge in [0, 0.05) is 19.6 Å². The molecular formula is C12H22O3. The van der Waals surface area contributed by atoms with Gasteiger partial charge in [0.15, 0.2) is 5.78 Å². The minimum Gasteiger partial charge on any atom is -0.382 e. The zero-order valence-corrected chi connectivity index (χ0v) is 9.79. The van der Waals surface area contributed by atoms with Gasteiger partial charge in [0.25, 0.3) is 0 Å². The quantitative estimate of drug-likeness (QED) is 0.687. The lowest BCUT2D eigenvalue weighted by molar-refractivity contribution is -0.143. The highest BCUT2D eigenvalue weighted by molar-refractivity contribution is 5.85. The number of ether oxygens (including phenoxy) is 1. The lowest BCUT2D eigenvalue weighted by atomic mass is 9.80. The molecular weight excluding hydrogens is 192 g/mol. The van der Waals surface area contributed by atoms with Gasteiger partial charge >= 0.3 is 0 Å². The normalized spacial score (nSPS) is 21.5. The van der Waals surface area contributed by atoms with Gasteiger partial charge in [-0.3, -0.25) is 4.79 Å². The van der Waals surface area contributed by atoms with E-state index in [1.165, 1.54) is 6.92 Å². The maximum Gasteiger partial charge on any atom is 0.161 e. The van der Waals surface area contributed by atoms with E-state index in [1.807, 2.05) is 6.92 Å². The van der Waals surface area contributed by atoms with E-state index in [1.54, 1.807) is 0 Å². The molecule has 0 aliphatic heterocycles. The van der Waals surface area contributed by atoms with Crippen LogP contribution in [0.25, 0.3) is 0 Å². The fourth-order valence-corrected chi connectivity index (χ4v) is 2.44. The summed E-state index contributed by atoms with van der Waals surface area (Å²) in [5.41, 5.74) is -1.13. The molecule has 0 saturated heterocycles. The molecule has 0 heterocycles. The molecule has 1 rings (SSSR count). The standard InChI is InChI=1S/C12H22O3/c1-3-15-9-8-12(14,10(2)13)11-6-4-5-7-11/h11,14H,3-9H2,1-2H3. The second-order valence-corrected chi connectivity index (χ2v) is 4.41. The number of hydrogen-bond donors (Lipinski definition) is 1. The predicted molar refractivity (Wildman–Crippen MR) is 58.7 cm³/mol. The highest BCUT2D eigenvalue weighted by Crippen LogP contribution is 2.36. The molecule has 0 aromatic carbocycles. The van der Waals surface area contributed by atoms with Crippen LogP contribution in [0.2, 0.25) is 0 Å². The first-order valence-electron chi connectivity index (χ1n) is 5.92. The lowest BCUT2D eigenvalue weighted by Gasteiger charge is -2.31. The number of ketones is 1. The number of carbonyl (C=O) groups excluding carboxylic acids is 1. The zero-order valence-electron chi connectivity index (χ0n) is 9.79. The molecule has 1 atom stereocenters. The average molecular weight is 214 g/mol. The van der Waals surface area contributed by atoms with Crippen LogP contribution in [0.4, 0.5) is 0 Å². The van der Waals surface area contributed by atoms with E-state index in [-0.39, 0.29) is 11.7 Å². The van der Waals surface area contributed by atoms with Gasteiger partial charge in [0.2, 0.25) is 0 Å². The number of aliphatic hydroxyl groups is 1. The topological polar surface area (TPSA) is 46.5 Å². The van der Waals surface area contributed by atoms with Crippen LogP contribution in [0, 0.1) is 5.92 Å². The molecule has 3 nitrogen and oxygen atoms in total. The van der Waals surface area contributed by atoms with Gasteiger partial charge < -0.3 is 9.84 Å². The highest BCUT2D eigenvalue weighted by Gasteiger charge is 2.41. The van der Waals surface area contributed by atoms with E-state index in [9.17, 15) is 9.90 Å². The summed E-state index contributed by atoms with van der Waals surface area (Å²) in [6, 6.07) is 0. The van der Waals surface area contributed by atoms with Crippen molar-refractivity contribution in [3.05, 3.63) is 0 Å². The van der Waals surface area contributed by atoms with Crippen LogP contribution in [0.1, 0.15) is 46.0 Å². The van der Waals surface area contributed by atoms with Crippen LogP contribution in [0.3, 0.4) is 0 Å². The van der Waals surface area contributed by atoms with Gasteiger partial charge in [-0.25, -0.2) is 0 Å². The third-order valence-corrected chi connectivity index (χ3v) is 3.47. The molecule has 3 heteroatoms. The summed E-state index contributed by atoms with van der Waals surface area (Å²) in [4.78, 5) is 11.5. The highest BCUT2D eigenvalue weighted by atomic mass is 16.5. The Bertz CT molecular complexity index is 209. The molecule has 0 aromatic rings. The molecule has 0 bridgehead atoms. The molecule has 15 heavy (non-hydrogen) atoms. The summed E-state index contributed by atoms with van der Waals surface area (Å²) in [6.07, 6.45) is 4.66. The van der Waals surface area contributed by atoms with Gasteiger partial charge in [-0.15, -0.1) is 0 Å². The molecule has 0 spiro atoms. The Kier molecular flexibility index (Phi) is 4.74. The van der Waals surface area contributed by atoms with E-state index in [4.69, 9.17) is 4.74 Å². The first-order chi connectivity index (χ1) is 7.11. The fraction of sp³-hybridized carbons (Fsp3) is 0.917. The van der Waals surface area contributed by atoms with Crippen LogP contribution in [0.5, 0.6) is 0 Å². The van der Waals surface area contributed by atoms with Crippen LogP contribution in [-0.2, 0) is 9.53 Å². The minimum absolute atomic E-state index is 0.103. The van der Waals surface area contributed by atoms with Crippen molar-refractivity contribution < 1.29 is 14.6 Å². The number of hydrogen-bond acceptors (Lipinski definition) is 3. The van der Waals surface area contributed by atoms with E-state index >= 15 is 0 Å². The van der Waals surface area contributed by atoms with Gasteiger partial charge in [-0.05, 0) is 32.6 Å². The van der Waals surface area contributed by atoms with Crippen LogP contribution >= 0.6 is 0 Å². The smallest absolute Gasteiger partial charge is 0.161 e. The van der Waals surface area contributed by atoms with Crippen molar-refractivity contribution in [3.63, 3.8) is 0 Å². The zero-order chi connectivity index (χ0) is 11.3. The molecule has 1 unspecified atom stereocenters. The molecule has 1 fully saturated rings. The number of rotatable bonds is 6. The van der Waals surface area contributed by atoms with Gasteiger partial charge in [-0.1, -0.05) is 12.8 Å². The Labute approximate surface area is 91.8 Å². The SMILES string of the molecule is CCOCCC(O)(C(C)=O)C1CCCC1. The molecule has 0 radical (unpaired) electrons. The Hall–Kier alpha value is -0.410. The summed E-state index contributed by atoms with van der Waals surface area (Å²) in [7, 11) is 0. The maximum atomic E-state index is 11.5.